The first kappa shape index (κ1) is 14.5. The molecule has 0 saturated heterocycles. The average Bonchev–Trinajstić information content (AvgIpc) is 2.68. The molecule has 0 bridgehead atoms. The van der Waals surface area contributed by atoms with Crippen LogP contribution >= 0.6 is 12.2 Å². The first-order chi connectivity index (χ1) is 9.99. The SMILES string of the molecule is CC(C)=CCN1[C@H](C)c2cccc3[nH]c(=S)n(c23)C[C@@H]1C. The van der Waals surface area contributed by atoms with Crippen LogP contribution in [0.2, 0.25) is 0 Å². The summed E-state index contributed by atoms with van der Waals surface area (Å²) in [5, 5.41) is 0. The fraction of sp³-hybridized carbons (Fsp3) is 0.471. The molecule has 4 heteroatoms. The molecule has 112 valence electrons. The van der Waals surface area contributed by atoms with Crippen molar-refractivity contribution < 1.29 is 0 Å². The van der Waals surface area contributed by atoms with Gasteiger partial charge in [-0.25, -0.2) is 0 Å². The van der Waals surface area contributed by atoms with Gasteiger partial charge in [0.2, 0.25) is 0 Å². The molecule has 3 nitrogen and oxygen atoms in total. The van der Waals surface area contributed by atoms with Crippen molar-refractivity contribution in [2.24, 2.45) is 0 Å². The zero-order valence-electron chi connectivity index (χ0n) is 13.2. The molecule has 3 rings (SSSR count). The highest BCUT2D eigenvalue weighted by Gasteiger charge is 2.27. The topological polar surface area (TPSA) is 24.0 Å². The molecule has 0 amide bonds. The number of nitrogens with one attached hydrogen (secondary N) is 1. The molecule has 2 aromatic rings. The van der Waals surface area contributed by atoms with Crippen LogP contribution < -0.4 is 0 Å². The summed E-state index contributed by atoms with van der Waals surface area (Å²) < 4.78 is 3.10. The van der Waals surface area contributed by atoms with Gasteiger partial charge >= 0.3 is 0 Å². The van der Waals surface area contributed by atoms with Crippen LogP contribution in [0.1, 0.15) is 39.3 Å². The molecule has 0 aliphatic carbocycles. The summed E-state index contributed by atoms with van der Waals surface area (Å²) in [6.45, 7) is 10.8. The molecule has 0 unspecified atom stereocenters. The highest BCUT2D eigenvalue weighted by Crippen LogP contribution is 2.33. The molecule has 1 aliphatic heterocycles. The van der Waals surface area contributed by atoms with E-state index in [0.717, 1.165) is 23.4 Å². The molecule has 0 saturated carbocycles. The Hall–Kier alpha value is -1.39. The number of imidazole rings is 1. The van der Waals surface area contributed by atoms with E-state index in [1.54, 1.807) is 0 Å². The molecule has 1 aromatic heterocycles. The van der Waals surface area contributed by atoms with E-state index >= 15 is 0 Å². The lowest BCUT2D eigenvalue weighted by Crippen LogP contribution is -2.36. The largest absolute Gasteiger partial charge is 0.331 e. The van der Waals surface area contributed by atoms with Gasteiger partial charge in [-0.3, -0.25) is 4.90 Å². The second-order valence-electron chi connectivity index (χ2n) is 6.29. The number of allylic oxidation sites excluding steroid dienone is 1. The predicted molar refractivity (Wildman–Crippen MR) is 91.1 cm³/mol. The van der Waals surface area contributed by atoms with E-state index in [0.29, 0.717) is 12.1 Å². The van der Waals surface area contributed by atoms with E-state index in [4.69, 9.17) is 12.2 Å². The van der Waals surface area contributed by atoms with Crippen LogP contribution in [0, 0.1) is 4.77 Å². The number of aromatic amines is 1. The number of hydrogen-bond donors (Lipinski definition) is 1. The van der Waals surface area contributed by atoms with Crippen LogP contribution in [-0.2, 0) is 6.54 Å². The van der Waals surface area contributed by atoms with E-state index in [2.05, 4.69) is 66.4 Å². The van der Waals surface area contributed by atoms with Gasteiger partial charge in [0.25, 0.3) is 0 Å². The fourth-order valence-electron chi connectivity index (χ4n) is 3.31. The summed E-state index contributed by atoms with van der Waals surface area (Å²) >= 11 is 5.52. The minimum Gasteiger partial charge on any atom is -0.331 e. The van der Waals surface area contributed by atoms with Crippen LogP contribution in [0.3, 0.4) is 0 Å². The summed E-state index contributed by atoms with van der Waals surface area (Å²) in [7, 11) is 0. The summed E-state index contributed by atoms with van der Waals surface area (Å²) in [6, 6.07) is 7.32. The summed E-state index contributed by atoms with van der Waals surface area (Å²) in [6.07, 6.45) is 2.31. The van der Waals surface area contributed by atoms with Gasteiger partial charge in [0.15, 0.2) is 4.77 Å². The maximum atomic E-state index is 5.52. The van der Waals surface area contributed by atoms with E-state index in [1.165, 1.54) is 16.7 Å². The number of rotatable bonds is 2. The van der Waals surface area contributed by atoms with Crippen LogP contribution in [0.5, 0.6) is 0 Å². The number of hydrogen-bond acceptors (Lipinski definition) is 2. The quantitative estimate of drug-likeness (QED) is 0.655. The molecule has 0 fully saturated rings. The minimum absolute atomic E-state index is 0.387. The van der Waals surface area contributed by atoms with Crippen molar-refractivity contribution in [1.29, 1.82) is 0 Å². The lowest BCUT2D eigenvalue weighted by Gasteiger charge is -2.32. The Morgan fingerprint density at radius 1 is 1.38 bits per heavy atom. The van der Waals surface area contributed by atoms with Crippen molar-refractivity contribution >= 4 is 23.3 Å². The minimum atomic E-state index is 0.387. The predicted octanol–water partition coefficient (Wildman–Crippen LogP) is 4.43. The van der Waals surface area contributed by atoms with Crippen molar-refractivity contribution in [2.75, 3.05) is 6.54 Å². The van der Waals surface area contributed by atoms with Crippen molar-refractivity contribution in [2.45, 2.75) is 46.3 Å². The highest BCUT2D eigenvalue weighted by molar-refractivity contribution is 7.71. The molecule has 0 radical (unpaired) electrons. The van der Waals surface area contributed by atoms with Crippen molar-refractivity contribution in [3.63, 3.8) is 0 Å². The number of benzene rings is 1. The highest BCUT2D eigenvalue weighted by atomic mass is 32.1. The maximum Gasteiger partial charge on any atom is 0.178 e. The zero-order chi connectivity index (χ0) is 15.1. The van der Waals surface area contributed by atoms with Gasteiger partial charge in [-0.1, -0.05) is 23.8 Å². The summed E-state index contributed by atoms with van der Waals surface area (Å²) in [4.78, 5) is 5.90. The third-order valence-electron chi connectivity index (χ3n) is 4.49. The van der Waals surface area contributed by atoms with Gasteiger partial charge < -0.3 is 9.55 Å². The third kappa shape index (κ3) is 2.47. The van der Waals surface area contributed by atoms with Crippen molar-refractivity contribution in [3.8, 4) is 0 Å². The van der Waals surface area contributed by atoms with Crippen molar-refractivity contribution in [1.82, 2.24) is 14.5 Å². The number of nitrogens with zero attached hydrogens (tertiary/aromatic N) is 2. The van der Waals surface area contributed by atoms with Crippen LogP contribution in [0.4, 0.5) is 0 Å². The molecule has 2 heterocycles. The second kappa shape index (κ2) is 5.43. The Morgan fingerprint density at radius 3 is 2.86 bits per heavy atom. The smallest absolute Gasteiger partial charge is 0.178 e. The van der Waals surface area contributed by atoms with Gasteiger partial charge in [0.05, 0.1) is 11.0 Å². The molecular weight excluding hydrogens is 278 g/mol. The zero-order valence-corrected chi connectivity index (χ0v) is 14.0. The summed E-state index contributed by atoms with van der Waals surface area (Å²) in [5.74, 6) is 0. The van der Waals surface area contributed by atoms with Gasteiger partial charge in [-0.15, -0.1) is 0 Å². The average molecular weight is 301 g/mol. The molecular formula is C17H23N3S. The van der Waals surface area contributed by atoms with E-state index in [9.17, 15) is 0 Å². The fourth-order valence-corrected chi connectivity index (χ4v) is 3.59. The molecule has 1 aromatic carbocycles. The summed E-state index contributed by atoms with van der Waals surface area (Å²) in [5.41, 5.74) is 5.17. The standard InChI is InChI=1S/C17H23N3S/c1-11(2)8-9-19-12(3)10-20-16-14(13(19)4)6-5-7-15(16)18-17(20)21/h5-8,12-13H,9-10H2,1-4H3,(H,18,21)/t12-,13+/m0/s1. The Morgan fingerprint density at radius 2 is 2.14 bits per heavy atom. The lowest BCUT2D eigenvalue weighted by molar-refractivity contribution is 0.165. The molecule has 0 spiro atoms. The van der Waals surface area contributed by atoms with Gasteiger partial charge in [0.1, 0.15) is 0 Å². The third-order valence-corrected chi connectivity index (χ3v) is 4.82. The monoisotopic (exact) mass is 301 g/mol. The number of aromatic nitrogens is 2. The first-order valence-corrected chi connectivity index (χ1v) is 8.00. The Labute approximate surface area is 131 Å². The molecule has 21 heavy (non-hydrogen) atoms. The molecule has 1 N–H and O–H groups in total. The molecule has 1 aliphatic rings. The van der Waals surface area contributed by atoms with Gasteiger partial charge in [-0.05, 0) is 51.5 Å². The second-order valence-corrected chi connectivity index (χ2v) is 6.67. The van der Waals surface area contributed by atoms with E-state index in [1.807, 2.05) is 0 Å². The maximum absolute atomic E-state index is 5.52. The Kier molecular flexibility index (Phi) is 3.76. The van der Waals surface area contributed by atoms with Crippen molar-refractivity contribution in [3.05, 3.63) is 40.2 Å². The van der Waals surface area contributed by atoms with Crippen LogP contribution in [0.15, 0.2) is 29.8 Å². The lowest BCUT2D eigenvalue weighted by atomic mass is 10.0. The normalized spacial score (nSPS) is 22.3. The first-order valence-electron chi connectivity index (χ1n) is 7.59. The van der Waals surface area contributed by atoms with E-state index < -0.39 is 0 Å². The Balaban J connectivity index is 2.13. The van der Waals surface area contributed by atoms with E-state index in [-0.39, 0.29) is 0 Å². The number of H-pyrrole nitrogens is 1. The molecule has 2 atom stereocenters. The Bertz CT molecular complexity index is 749. The van der Waals surface area contributed by atoms with Gasteiger partial charge in [0, 0.05) is 25.2 Å². The van der Waals surface area contributed by atoms with Gasteiger partial charge in [-0.2, -0.15) is 0 Å². The number of para-hydroxylation sites is 1. The van der Waals surface area contributed by atoms with Crippen LogP contribution in [-0.4, -0.2) is 27.0 Å². The van der Waals surface area contributed by atoms with Crippen LogP contribution in [0.25, 0.3) is 11.0 Å².